The maximum atomic E-state index is 12.5. The van der Waals surface area contributed by atoms with E-state index in [-0.39, 0.29) is 30.2 Å². The van der Waals surface area contributed by atoms with Gasteiger partial charge in [-0.25, -0.2) is 4.99 Å². The molecule has 0 aliphatic carbocycles. The Hall–Kier alpha value is -2.67. The van der Waals surface area contributed by atoms with Crippen molar-refractivity contribution in [1.29, 1.82) is 0 Å². The number of nitrogens with zero attached hydrogens (tertiary/aromatic N) is 2. The number of nitrogens with two attached hydrogens (primary N) is 1. The fourth-order valence-corrected chi connectivity index (χ4v) is 3.71. The number of nitrogens with one attached hydrogen (secondary N) is 1. The predicted molar refractivity (Wildman–Crippen MR) is 99.9 cm³/mol. The summed E-state index contributed by atoms with van der Waals surface area (Å²) in [6.07, 6.45) is 0.261. The number of hydrogen-bond donors (Lipinski definition) is 2. The third-order valence-corrected chi connectivity index (χ3v) is 5.15. The van der Waals surface area contributed by atoms with Gasteiger partial charge < -0.3 is 11.1 Å². The molecule has 0 radical (unpaired) electrons. The van der Waals surface area contributed by atoms with E-state index in [4.69, 9.17) is 5.73 Å². The average Bonchev–Trinajstić information content (AvgIpc) is 2.91. The fourth-order valence-electron chi connectivity index (χ4n) is 2.79. The lowest BCUT2D eigenvalue weighted by atomic mass is 10.0. The van der Waals surface area contributed by atoms with Crippen LogP contribution in [0.1, 0.15) is 38.1 Å². The van der Waals surface area contributed by atoms with Crippen LogP contribution in [0.3, 0.4) is 0 Å². The van der Waals surface area contributed by atoms with Gasteiger partial charge in [0.25, 0.3) is 5.91 Å². The lowest BCUT2D eigenvalue weighted by Gasteiger charge is -2.25. The molecule has 1 aromatic heterocycles. The van der Waals surface area contributed by atoms with Crippen molar-refractivity contribution < 1.29 is 9.59 Å². The van der Waals surface area contributed by atoms with Crippen molar-refractivity contribution in [2.75, 3.05) is 12.4 Å². The molecule has 7 heteroatoms. The minimum atomic E-state index is -0.328. The molecule has 2 aromatic rings. The van der Waals surface area contributed by atoms with Crippen LogP contribution in [-0.4, -0.2) is 29.7 Å². The van der Waals surface area contributed by atoms with E-state index in [0.717, 1.165) is 15.3 Å². The molecule has 130 valence electrons. The molecule has 0 saturated heterocycles. The summed E-state index contributed by atoms with van der Waals surface area (Å²) < 4.78 is 0. The van der Waals surface area contributed by atoms with Gasteiger partial charge in [0.2, 0.25) is 5.91 Å². The van der Waals surface area contributed by atoms with Crippen LogP contribution in [-0.2, 0) is 4.79 Å². The van der Waals surface area contributed by atoms with Gasteiger partial charge in [0.15, 0.2) is 5.96 Å². The molecule has 1 aliphatic heterocycles. The van der Waals surface area contributed by atoms with Crippen LogP contribution < -0.4 is 11.1 Å². The van der Waals surface area contributed by atoms with E-state index in [1.807, 2.05) is 44.2 Å². The molecule has 2 heterocycles. The first-order valence-electron chi connectivity index (χ1n) is 7.93. The van der Waals surface area contributed by atoms with E-state index in [2.05, 4.69) is 10.3 Å². The summed E-state index contributed by atoms with van der Waals surface area (Å²) in [6, 6.07) is 8.94. The summed E-state index contributed by atoms with van der Waals surface area (Å²) in [4.78, 5) is 32.3. The second-order valence-electron chi connectivity index (χ2n) is 6.07. The summed E-state index contributed by atoms with van der Waals surface area (Å²) in [5.41, 5.74) is 8.00. The number of carbonyl (C=O) groups excluding carboxylic acids is 2. The van der Waals surface area contributed by atoms with E-state index in [1.54, 1.807) is 18.4 Å². The number of guanidine groups is 1. The minimum Gasteiger partial charge on any atom is -0.369 e. The second kappa shape index (κ2) is 6.68. The lowest BCUT2D eigenvalue weighted by molar-refractivity contribution is -0.127. The van der Waals surface area contributed by atoms with Gasteiger partial charge in [-0.1, -0.05) is 12.1 Å². The zero-order valence-corrected chi connectivity index (χ0v) is 15.2. The Labute approximate surface area is 150 Å². The highest BCUT2D eigenvalue weighted by Crippen LogP contribution is 2.28. The van der Waals surface area contributed by atoms with Gasteiger partial charge in [-0.3, -0.25) is 14.5 Å². The van der Waals surface area contributed by atoms with Crippen LogP contribution >= 0.6 is 11.3 Å². The Morgan fingerprint density at radius 1 is 1.36 bits per heavy atom. The zero-order chi connectivity index (χ0) is 18.1. The first-order chi connectivity index (χ1) is 11.8. The molecule has 0 saturated carbocycles. The maximum absolute atomic E-state index is 12.5. The Morgan fingerprint density at radius 3 is 2.76 bits per heavy atom. The van der Waals surface area contributed by atoms with Gasteiger partial charge >= 0.3 is 0 Å². The summed E-state index contributed by atoms with van der Waals surface area (Å²) >= 11 is 1.60. The molecule has 0 bridgehead atoms. The maximum Gasteiger partial charge on any atom is 0.256 e. The molecule has 2 amide bonds. The molecule has 0 spiro atoms. The smallest absolute Gasteiger partial charge is 0.256 e. The Kier molecular flexibility index (Phi) is 4.59. The summed E-state index contributed by atoms with van der Waals surface area (Å²) in [5.74, 6) is -0.00200. The Balaban J connectivity index is 1.81. The first-order valence-corrected chi connectivity index (χ1v) is 8.75. The van der Waals surface area contributed by atoms with E-state index in [1.165, 1.54) is 4.90 Å². The quantitative estimate of drug-likeness (QED) is 0.886. The number of anilines is 1. The van der Waals surface area contributed by atoms with Crippen molar-refractivity contribution >= 4 is 34.8 Å². The van der Waals surface area contributed by atoms with Gasteiger partial charge in [0, 0.05) is 22.5 Å². The number of aliphatic imine (C=N–C) groups is 1. The number of hydrogen-bond acceptors (Lipinski definition) is 5. The van der Waals surface area contributed by atoms with Gasteiger partial charge in [0.1, 0.15) is 0 Å². The van der Waals surface area contributed by atoms with Crippen LogP contribution in [0.2, 0.25) is 0 Å². The van der Waals surface area contributed by atoms with Crippen LogP contribution in [0, 0.1) is 13.8 Å². The molecule has 1 aliphatic rings. The number of thiophene rings is 1. The normalized spacial score (nSPS) is 17.4. The largest absolute Gasteiger partial charge is 0.369 e. The number of aryl methyl sites for hydroxylation is 2. The summed E-state index contributed by atoms with van der Waals surface area (Å²) in [6.45, 7) is 3.92. The second-order valence-corrected chi connectivity index (χ2v) is 7.53. The van der Waals surface area contributed by atoms with Crippen molar-refractivity contribution in [2.24, 2.45) is 10.7 Å². The van der Waals surface area contributed by atoms with Crippen LogP contribution in [0.5, 0.6) is 0 Å². The molecule has 1 aromatic carbocycles. The van der Waals surface area contributed by atoms with Crippen LogP contribution in [0.15, 0.2) is 35.3 Å². The number of benzene rings is 1. The predicted octanol–water partition coefficient (Wildman–Crippen LogP) is 2.84. The SMILES string of the molecule is Cc1cc(C(=O)Nc2cccc(C3CC(=O)N(C)C(N)=N3)c2)c(C)s1. The van der Waals surface area contributed by atoms with Gasteiger partial charge in [0.05, 0.1) is 18.0 Å². The third kappa shape index (κ3) is 3.56. The number of carbonyl (C=O) groups is 2. The van der Waals surface area contributed by atoms with Gasteiger partial charge in [-0.05, 0) is 37.6 Å². The van der Waals surface area contributed by atoms with Crippen molar-refractivity contribution in [3.05, 3.63) is 51.2 Å². The fraction of sp³-hybridized carbons (Fsp3) is 0.278. The molecule has 25 heavy (non-hydrogen) atoms. The van der Waals surface area contributed by atoms with Crippen molar-refractivity contribution in [2.45, 2.75) is 26.3 Å². The van der Waals surface area contributed by atoms with Crippen LogP contribution in [0.25, 0.3) is 0 Å². The highest BCUT2D eigenvalue weighted by molar-refractivity contribution is 7.12. The molecule has 1 unspecified atom stereocenters. The molecule has 3 rings (SSSR count). The van der Waals surface area contributed by atoms with Crippen molar-refractivity contribution in [1.82, 2.24) is 4.90 Å². The average molecular weight is 356 g/mol. The molecule has 1 atom stereocenters. The molecular formula is C18H20N4O2S. The Bertz CT molecular complexity index is 872. The lowest BCUT2D eigenvalue weighted by Crippen LogP contribution is -2.42. The van der Waals surface area contributed by atoms with Crippen LogP contribution in [0.4, 0.5) is 5.69 Å². The number of rotatable bonds is 3. The van der Waals surface area contributed by atoms with Crippen molar-refractivity contribution in [3.8, 4) is 0 Å². The molecule has 3 N–H and O–H groups in total. The highest BCUT2D eigenvalue weighted by Gasteiger charge is 2.25. The van der Waals surface area contributed by atoms with E-state index >= 15 is 0 Å². The topological polar surface area (TPSA) is 87.8 Å². The van der Waals surface area contributed by atoms with Gasteiger partial charge in [-0.15, -0.1) is 11.3 Å². The van der Waals surface area contributed by atoms with Crippen molar-refractivity contribution in [3.63, 3.8) is 0 Å². The van der Waals surface area contributed by atoms with E-state index < -0.39 is 0 Å². The van der Waals surface area contributed by atoms with E-state index in [0.29, 0.717) is 11.3 Å². The number of amides is 2. The zero-order valence-electron chi connectivity index (χ0n) is 14.4. The van der Waals surface area contributed by atoms with Gasteiger partial charge in [-0.2, -0.15) is 0 Å². The standard InChI is InChI=1S/C18H20N4O2S/c1-10-7-14(11(2)25-10)17(24)20-13-6-4-5-12(8-13)15-9-16(23)22(3)18(19)21-15/h4-8,15H,9H2,1-3H3,(H2,19,21)(H,20,24). The third-order valence-electron chi connectivity index (χ3n) is 4.19. The highest BCUT2D eigenvalue weighted by atomic mass is 32.1. The molecule has 6 nitrogen and oxygen atoms in total. The monoisotopic (exact) mass is 356 g/mol. The summed E-state index contributed by atoms with van der Waals surface area (Å²) in [5, 5.41) is 2.92. The van der Waals surface area contributed by atoms with E-state index in [9.17, 15) is 9.59 Å². The molecular weight excluding hydrogens is 336 g/mol. The first kappa shape index (κ1) is 17.2. The molecule has 0 fully saturated rings. The minimum absolute atomic E-state index is 0.0729. The Morgan fingerprint density at radius 2 is 2.12 bits per heavy atom. The summed E-state index contributed by atoms with van der Waals surface area (Å²) in [7, 11) is 1.61.